The minimum atomic E-state index is 0.286. The zero-order chi connectivity index (χ0) is 12.7. The molecule has 3 nitrogen and oxygen atoms in total. The number of halogens is 1. The Hall–Kier alpha value is -1.39. The van der Waals surface area contributed by atoms with E-state index in [2.05, 4.69) is 23.8 Å². The van der Waals surface area contributed by atoms with E-state index in [0.717, 1.165) is 21.6 Å². The smallest absolute Gasteiger partial charge is 0.204 e. The molecule has 0 saturated carbocycles. The summed E-state index contributed by atoms with van der Waals surface area (Å²) in [6.07, 6.45) is 1.81. The van der Waals surface area contributed by atoms with Crippen molar-refractivity contribution < 1.29 is 0 Å². The summed E-state index contributed by atoms with van der Waals surface area (Å²) >= 11 is 7.84. The Morgan fingerprint density at radius 2 is 2.17 bits per heavy atom. The molecule has 0 bridgehead atoms. The second-order valence-electron chi connectivity index (χ2n) is 4.36. The number of aromatic nitrogens is 3. The number of thiazole rings is 1. The number of nitrogens with zero attached hydrogens (tertiary/aromatic N) is 3. The van der Waals surface area contributed by atoms with Gasteiger partial charge in [-0.2, -0.15) is 0 Å². The number of fused-ring (bicyclic) bond motifs is 1. The van der Waals surface area contributed by atoms with Crippen LogP contribution in [0.25, 0.3) is 21.6 Å². The van der Waals surface area contributed by atoms with E-state index >= 15 is 0 Å². The molecule has 0 fully saturated rings. The van der Waals surface area contributed by atoms with Crippen molar-refractivity contribution in [2.75, 3.05) is 0 Å². The highest BCUT2D eigenvalue weighted by molar-refractivity contribution is 7.13. The predicted octanol–water partition coefficient (Wildman–Crippen LogP) is 4.39. The molecule has 3 aromatic rings. The fourth-order valence-corrected chi connectivity index (χ4v) is 3.14. The van der Waals surface area contributed by atoms with Gasteiger partial charge in [-0.15, -0.1) is 11.3 Å². The monoisotopic (exact) mass is 277 g/mol. The molecule has 0 unspecified atom stereocenters. The van der Waals surface area contributed by atoms with Gasteiger partial charge < -0.3 is 4.57 Å². The summed E-state index contributed by atoms with van der Waals surface area (Å²) in [5, 5.41) is 3.48. The summed E-state index contributed by atoms with van der Waals surface area (Å²) in [4.78, 5) is 8.83. The number of rotatable bonds is 2. The Kier molecular flexibility index (Phi) is 2.84. The molecule has 3 rings (SSSR count). The molecule has 0 saturated heterocycles. The third kappa shape index (κ3) is 1.72. The molecular formula is C13H12ClN3S. The minimum absolute atomic E-state index is 0.286. The average molecular weight is 278 g/mol. The molecule has 5 heteroatoms. The number of benzene rings is 1. The van der Waals surface area contributed by atoms with Gasteiger partial charge in [0.25, 0.3) is 0 Å². The standard InChI is InChI=1S/C13H12ClN3S/c1-8(2)17-10-5-3-4-9(11(10)16-13(17)14)12-15-6-7-18-12/h3-8H,1-2H3. The summed E-state index contributed by atoms with van der Waals surface area (Å²) in [5.74, 6) is 0. The summed E-state index contributed by atoms with van der Waals surface area (Å²) in [6.45, 7) is 4.20. The van der Waals surface area contributed by atoms with Crippen LogP contribution >= 0.6 is 22.9 Å². The van der Waals surface area contributed by atoms with Gasteiger partial charge in [-0.1, -0.05) is 6.07 Å². The first-order valence-corrected chi connectivity index (χ1v) is 7.00. The first kappa shape index (κ1) is 11.7. The van der Waals surface area contributed by atoms with Gasteiger partial charge >= 0.3 is 0 Å². The van der Waals surface area contributed by atoms with Gasteiger partial charge in [-0.05, 0) is 37.6 Å². The van der Waals surface area contributed by atoms with Crippen LogP contribution < -0.4 is 0 Å². The zero-order valence-electron chi connectivity index (χ0n) is 10.1. The first-order valence-electron chi connectivity index (χ1n) is 5.75. The predicted molar refractivity (Wildman–Crippen MR) is 76.2 cm³/mol. The Labute approximate surface area is 114 Å². The summed E-state index contributed by atoms with van der Waals surface area (Å²) in [5.41, 5.74) is 3.03. The third-order valence-electron chi connectivity index (χ3n) is 2.86. The van der Waals surface area contributed by atoms with Crippen LogP contribution in [0.5, 0.6) is 0 Å². The van der Waals surface area contributed by atoms with E-state index in [9.17, 15) is 0 Å². The lowest BCUT2D eigenvalue weighted by Gasteiger charge is -2.09. The summed E-state index contributed by atoms with van der Waals surface area (Å²) in [7, 11) is 0. The van der Waals surface area contributed by atoms with E-state index in [1.807, 2.05) is 28.1 Å². The topological polar surface area (TPSA) is 30.7 Å². The van der Waals surface area contributed by atoms with Crippen LogP contribution in [-0.2, 0) is 0 Å². The van der Waals surface area contributed by atoms with Crippen molar-refractivity contribution in [2.45, 2.75) is 19.9 Å². The van der Waals surface area contributed by atoms with Crippen molar-refractivity contribution in [1.82, 2.24) is 14.5 Å². The van der Waals surface area contributed by atoms with Gasteiger partial charge in [0.05, 0.1) is 5.52 Å². The Morgan fingerprint density at radius 1 is 1.33 bits per heavy atom. The van der Waals surface area contributed by atoms with Gasteiger partial charge in [-0.3, -0.25) is 0 Å². The Balaban J connectivity index is 2.33. The maximum Gasteiger partial charge on any atom is 0.204 e. The van der Waals surface area contributed by atoms with Crippen LogP contribution in [0.3, 0.4) is 0 Å². The van der Waals surface area contributed by atoms with Gasteiger partial charge in [0, 0.05) is 23.2 Å². The third-order valence-corrected chi connectivity index (χ3v) is 3.93. The molecule has 2 aromatic heterocycles. The maximum atomic E-state index is 6.23. The molecular weight excluding hydrogens is 266 g/mol. The molecule has 0 aliphatic heterocycles. The zero-order valence-corrected chi connectivity index (χ0v) is 11.7. The van der Waals surface area contributed by atoms with E-state index in [1.54, 1.807) is 17.5 Å². The molecule has 0 atom stereocenters. The maximum absolute atomic E-state index is 6.23. The number of para-hydroxylation sites is 1. The molecule has 1 aromatic carbocycles. The van der Waals surface area contributed by atoms with E-state index in [1.165, 1.54) is 0 Å². The van der Waals surface area contributed by atoms with E-state index in [4.69, 9.17) is 11.6 Å². The molecule has 92 valence electrons. The number of hydrogen-bond donors (Lipinski definition) is 0. The van der Waals surface area contributed by atoms with Gasteiger partial charge in [0.1, 0.15) is 10.5 Å². The lowest BCUT2D eigenvalue weighted by molar-refractivity contribution is 0.618. The highest BCUT2D eigenvalue weighted by atomic mass is 35.5. The van der Waals surface area contributed by atoms with Gasteiger partial charge in [-0.25, -0.2) is 9.97 Å². The quantitative estimate of drug-likeness (QED) is 0.695. The SMILES string of the molecule is CC(C)n1c(Cl)nc2c(-c3nccs3)cccc21. The normalized spacial score (nSPS) is 11.6. The second-order valence-corrected chi connectivity index (χ2v) is 5.59. The van der Waals surface area contributed by atoms with Crippen molar-refractivity contribution in [3.05, 3.63) is 35.1 Å². The molecule has 0 radical (unpaired) electrons. The summed E-state index contributed by atoms with van der Waals surface area (Å²) < 4.78 is 2.04. The highest BCUT2D eigenvalue weighted by Crippen LogP contribution is 2.32. The first-order chi connectivity index (χ1) is 8.68. The van der Waals surface area contributed by atoms with Crippen LogP contribution in [0, 0.1) is 0 Å². The molecule has 0 aliphatic rings. The van der Waals surface area contributed by atoms with Gasteiger partial charge in [0.15, 0.2) is 0 Å². The Morgan fingerprint density at radius 3 is 2.83 bits per heavy atom. The fourth-order valence-electron chi connectivity index (χ4n) is 2.11. The molecule has 18 heavy (non-hydrogen) atoms. The lowest BCUT2D eigenvalue weighted by Crippen LogP contribution is -1.99. The van der Waals surface area contributed by atoms with Gasteiger partial charge in [0.2, 0.25) is 5.28 Å². The van der Waals surface area contributed by atoms with E-state index in [0.29, 0.717) is 5.28 Å². The van der Waals surface area contributed by atoms with Crippen LogP contribution in [-0.4, -0.2) is 14.5 Å². The van der Waals surface area contributed by atoms with Crippen molar-refractivity contribution in [3.8, 4) is 10.6 Å². The van der Waals surface area contributed by atoms with Crippen molar-refractivity contribution >= 4 is 34.0 Å². The lowest BCUT2D eigenvalue weighted by atomic mass is 10.2. The summed E-state index contributed by atoms with van der Waals surface area (Å²) in [6, 6.07) is 6.39. The van der Waals surface area contributed by atoms with Crippen molar-refractivity contribution in [2.24, 2.45) is 0 Å². The molecule has 0 N–H and O–H groups in total. The molecule has 2 heterocycles. The highest BCUT2D eigenvalue weighted by Gasteiger charge is 2.15. The fraction of sp³-hybridized carbons (Fsp3) is 0.231. The second kappa shape index (κ2) is 4.37. The van der Waals surface area contributed by atoms with Crippen LogP contribution in [0.1, 0.15) is 19.9 Å². The van der Waals surface area contributed by atoms with Crippen molar-refractivity contribution in [3.63, 3.8) is 0 Å². The van der Waals surface area contributed by atoms with Crippen LogP contribution in [0.2, 0.25) is 5.28 Å². The average Bonchev–Trinajstić information content (AvgIpc) is 2.93. The molecule has 0 amide bonds. The van der Waals surface area contributed by atoms with Crippen molar-refractivity contribution in [1.29, 1.82) is 0 Å². The number of hydrogen-bond acceptors (Lipinski definition) is 3. The minimum Gasteiger partial charge on any atom is -0.312 e. The Bertz CT molecular complexity index is 686. The van der Waals surface area contributed by atoms with Crippen LogP contribution in [0.4, 0.5) is 0 Å². The van der Waals surface area contributed by atoms with Crippen LogP contribution in [0.15, 0.2) is 29.8 Å². The largest absolute Gasteiger partial charge is 0.312 e. The molecule has 0 spiro atoms. The van der Waals surface area contributed by atoms with E-state index < -0.39 is 0 Å². The number of imidazole rings is 1. The van der Waals surface area contributed by atoms with E-state index in [-0.39, 0.29) is 6.04 Å². The molecule has 0 aliphatic carbocycles.